The molecule has 0 saturated heterocycles. The summed E-state index contributed by atoms with van der Waals surface area (Å²) in [5.41, 5.74) is 11.5. The summed E-state index contributed by atoms with van der Waals surface area (Å²) in [6.07, 6.45) is 0. The summed E-state index contributed by atoms with van der Waals surface area (Å²) >= 11 is 0. The molecule has 0 amide bonds. The molecule has 0 atom stereocenters. The number of ether oxygens (including phenoxy) is 1. The monoisotopic (exact) mass is 380 g/mol. The Morgan fingerprint density at radius 1 is 1.04 bits per heavy atom. The van der Waals surface area contributed by atoms with Crippen LogP contribution in [0.1, 0.15) is 39.5 Å². The molecule has 0 fully saturated rings. The SMILES string of the molecule is Cc1ccccc1COc1c(C)cc(CN(C)Cc2noc(CN)n2)cc1C. The Morgan fingerprint density at radius 2 is 1.75 bits per heavy atom. The minimum atomic E-state index is 0.263. The smallest absolute Gasteiger partial charge is 0.240 e. The summed E-state index contributed by atoms with van der Waals surface area (Å²) in [5.74, 6) is 2.07. The molecule has 0 saturated carbocycles. The fraction of sp³-hybridized carbons (Fsp3) is 0.364. The number of nitrogens with two attached hydrogens (primary N) is 1. The standard InChI is InChI=1S/C22H28N4O2/c1-15-7-5-6-8-19(15)14-27-22-16(2)9-18(10-17(22)3)12-26(4)13-20-24-21(11-23)28-25-20/h5-10H,11-14,23H2,1-4H3. The first-order valence-electron chi connectivity index (χ1n) is 9.43. The second kappa shape index (κ2) is 8.99. The first-order valence-corrected chi connectivity index (χ1v) is 9.43. The zero-order chi connectivity index (χ0) is 20.1. The van der Waals surface area contributed by atoms with Crippen molar-refractivity contribution in [2.24, 2.45) is 5.73 Å². The van der Waals surface area contributed by atoms with E-state index < -0.39 is 0 Å². The van der Waals surface area contributed by atoms with Crippen molar-refractivity contribution in [3.05, 3.63) is 75.9 Å². The fourth-order valence-corrected chi connectivity index (χ4v) is 3.33. The van der Waals surface area contributed by atoms with Crippen LogP contribution in [0, 0.1) is 20.8 Å². The van der Waals surface area contributed by atoms with Gasteiger partial charge in [0, 0.05) is 6.54 Å². The average molecular weight is 380 g/mol. The van der Waals surface area contributed by atoms with E-state index in [2.05, 4.69) is 60.1 Å². The lowest BCUT2D eigenvalue weighted by atomic mass is 10.0. The van der Waals surface area contributed by atoms with E-state index in [4.69, 9.17) is 15.0 Å². The molecule has 6 heteroatoms. The Hall–Kier alpha value is -2.70. The van der Waals surface area contributed by atoms with Crippen molar-refractivity contribution in [2.45, 2.75) is 47.0 Å². The van der Waals surface area contributed by atoms with Gasteiger partial charge < -0.3 is 15.0 Å². The molecule has 6 nitrogen and oxygen atoms in total. The highest BCUT2D eigenvalue weighted by Crippen LogP contribution is 2.27. The average Bonchev–Trinajstić information content (AvgIpc) is 3.09. The van der Waals surface area contributed by atoms with Gasteiger partial charge in [-0.1, -0.05) is 41.6 Å². The number of aromatic nitrogens is 2. The summed E-state index contributed by atoms with van der Waals surface area (Å²) in [6, 6.07) is 12.7. The highest BCUT2D eigenvalue weighted by atomic mass is 16.5. The maximum absolute atomic E-state index is 6.15. The lowest BCUT2D eigenvalue weighted by Gasteiger charge is -2.18. The number of rotatable bonds is 8. The summed E-state index contributed by atoms with van der Waals surface area (Å²) in [6.45, 7) is 8.53. The maximum atomic E-state index is 6.15. The van der Waals surface area contributed by atoms with Gasteiger partial charge in [0.05, 0.1) is 13.1 Å². The van der Waals surface area contributed by atoms with Gasteiger partial charge in [0.15, 0.2) is 5.82 Å². The van der Waals surface area contributed by atoms with E-state index >= 15 is 0 Å². The van der Waals surface area contributed by atoms with Crippen molar-refractivity contribution in [3.63, 3.8) is 0 Å². The minimum absolute atomic E-state index is 0.263. The topological polar surface area (TPSA) is 77.4 Å². The van der Waals surface area contributed by atoms with Crippen molar-refractivity contribution in [1.29, 1.82) is 0 Å². The molecule has 0 aliphatic carbocycles. The van der Waals surface area contributed by atoms with Crippen LogP contribution in [0.5, 0.6) is 5.75 Å². The van der Waals surface area contributed by atoms with Gasteiger partial charge in [0.25, 0.3) is 0 Å². The zero-order valence-electron chi connectivity index (χ0n) is 17.0. The van der Waals surface area contributed by atoms with Gasteiger partial charge in [-0.15, -0.1) is 0 Å². The molecule has 28 heavy (non-hydrogen) atoms. The van der Waals surface area contributed by atoms with E-state index in [0.29, 0.717) is 24.9 Å². The van der Waals surface area contributed by atoms with Crippen molar-refractivity contribution in [2.75, 3.05) is 7.05 Å². The van der Waals surface area contributed by atoms with Crippen LogP contribution >= 0.6 is 0 Å². The Bertz CT molecular complexity index is 913. The molecular formula is C22H28N4O2. The molecule has 3 aromatic rings. The first kappa shape index (κ1) is 20.0. The maximum Gasteiger partial charge on any atom is 0.240 e. The van der Waals surface area contributed by atoms with Crippen LogP contribution in [0.25, 0.3) is 0 Å². The third-order valence-electron chi connectivity index (χ3n) is 4.70. The van der Waals surface area contributed by atoms with Crippen LogP contribution in [0.15, 0.2) is 40.9 Å². The molecule has 1 aromatic heterocycles. The summed E-state index contributed by atoms with van der Waals surface area (Å²) < 4.78 is 11.2. The summed E-state index contributed by atoms with van der Waals surface area (Å²) in [4.78, 5) is 6.40. The highest BCUT2D eigenvalue weighted by Gasteiger charge is 2.12. The Morgan fingerprint density at radius 3 is 2.39 bits per heavy atom. The molecule has 0 unspecified atom stereocenters. The normalized spacial score (nSPS) is 11.2. The molecule has 3 rings (SSSR count). The van der Waals surface area contributed by atoms with Gasteiger partial charge in [0.1, 0.15) is 12.4 Å². The summed E-state index contributed by atoms with van der Waals surface area (Å²) in [7, 11) is 2.03. The van der Waals surface area contributed by atoms with Crippen LogP contribution in [-0.4, -0.2) is 22.1 Å². The molecule has 0 radical (unpaired) electrons. The van der Waals surface area contributed by atoms with Gasteiger partial charge in [-0.05, 0) is 55.6 Å². The molecule has 2 aromatic carbocycles. The van der Waals surface area contributed by atoms with E-state index in [1.807, 2.05) is 19.2 Å². The van der Waals surface area contributed by atoms with Crippen molar-refractivity contribution in [3.8, 4) is 5.75 Å². The van der Waals surface area contributed by atoms with E-state index in [1.54, 1.807) is 0 Å². The quantitative estimate of drug-likeness (QED) is 0.642. The number of benzene rings is 2. The lowest BCUT2D eigenvalue weighted by Crippen LogP contribution is -2.18. The second-order valence-electron chi connectivity index (χ2n) is 7.25. The Kier molecular flexibility index (Phi) is 6.44. The predicted octanol–water partition coefficient (Wildman–Crippen LogP) is 3.66. The lowest BCUT2D eigenvalue weighted by molar-refractivity contribution is 0.295. The van der Waals surface area contributed by atoms with Crippen LogP contribution in [-0.2, 0) is 26.2 Å². The highest BCUT2D eigenvalue weighted by molar-refractivity contribution is 5.43. The van der Waals surface area contributed by atoms with Crippen molar-refractivity contribution >= 4 is 0 Å². The van der Waals surface area contributed by atoms with Gasteiger partial charge in [-0.3, -0.25) is 4.90 Å². The number of aryl methyl sites for hydroxylation is 3. The van der Waals surface area contributed by atoms with Crippen LogP contribution in [0.3, 0.4) is 0 Å². The van der Waals surface area contributed by atoms with Crippen molar-refractivity contribution < 1.29 is 9.26 Å². The molecule has 0 aliphatic rings. The number of nitrogens with zero attached hydrogens (tertiary/aromatic N) is 3. The molecule has 0 spiro atoms. The van der Waals surface area contributed by atoms with E-state index in [-0.39, 0.29) is 6.54 Å². The Balaban J connectivity index is 1.64. The molecule has 0 aliphatic heterocycles. The van der Waals surface area contributed by atoms with Gasteiger partial charge in [0.2, 0.25) is 5.89 Å². The number of hydrogen-bond donors (Lipinski definition) is 1. The van der Waals surface area contributed by atoms with Gasteiger partial charge in [-0.25, -0.2) is 0 Å². The minimum Gasteiger partial charge on any atom is -0.488 e. The molecule has 2 N–H and O–H groups in total. The molecular weight excluding hydrogens is 352 g/mol. The third kappa shape index (κ3) is 4.97. The predicted molar refractivity (Wildman–Crippen MR) is 109 cm³/mol. The molecule has 148 valence electrons. The van der Waals surface area contributed by atoms with Crippen LogP contribution in [0.4, 0.5) is 0 Å². The fourth-order valence-electron chi connectivity index (χ4n) is 3.33. The van der Waals surface area contributed by atoms with Crippen LogP contribution in [0.2, 0.25) is 0 Å². The van der Waals surface area contributed by atoms with Gasteiger partial charge >= 0.3 is 0 Å². The van der Waals surface area contributed by atoms with Gasteiger partial charge in [-0.2, -0.15) is 4.98 Å². The second-order valence-corrected chi connectivity index (χ2v) is 7.25. The molecule has 1 heterocycles. The van der Waals surface area contributed by atoms with E-state index in [0.717, 1.165) is 23.4 Å². The first-order chi connectivity index (χ1) is 13.5. The Labute approximate surface area is 166 Å². The van der Waals surface area contributed by atoms with Crippen LogP contribution < -0.4 is 10.5 Å². The van der Waals surface area contributed by atoms with E-state index in [1.165, 1.54) is 16.7 Å². The summed E-state index contributed by atoms with van der Waals surface area (Å²) in [5, 5.41) is 3.95. The molecule has 0 bridgehead atoms. The largest absolute Gasteiger partial charge is 0.488 e. The van der Waals surface area contributed by atoms with E-state index in [9.17, 15) is 0 Å². The zero-order valence-corrected chi connectivity index (χ0v) is 17.0. The number of hydrogen-bond acceptors (Lipinski definition) is 6. The third-order valence-corrected chi connectivity index (χ3v) is 4.70. The van der Waals surface area contributed by atoms with Crippen molar-refractivity contribution in [1.82, 2.24) is 15.0 Å².